The van der Waals surface area contributed by atoms with E-state index in [0.29, 0.717) is 19.1 Å². The Morgan fingerprint density at radius 1 is 1.12 bits per heavy atom. The summed E-state index contributed by atoms with van der Waals surface area (Å²) < 4.78 is 11.2. The van der Waals surface area contributed by atoms with Crippen molar-refractivity contribution in [2.45, 2.75) is 57.8 Å². The van der Waals surface area contributed by atoms with Crippen LogP contribution in [0.3, 0.4) is 0 Å². The van der Waals surface area contributed by atoms with Crippen molar-refractivity contribution >= 4 is 5.91 Å². The molecule has 3 saturated heterocycles. The average Bonchev–Trinajstić information content (AvgIpc) is 3.40. The van der Waals surface area contributed by atoms with Gasteiger partial charge in [0, 0.05) is 37.8 Å². The van der Waals surface area contributed by atoms with Crippen LogP contribution in [0.1, 0.15) is 41.8 Å². The number of likely N-dealkylation sites (tertiary alicyclic amines) is 1. The molecule has 5 rings (SSSR count). The summed E-state index contributed by atoms with van der Waals surface area (Å²) in [5.41, 5.74) is 3.36. The van der Waals surface area contributed by atoms with Gasteiger partial charge in [-0.1, -0.05) is 35.5 Å². The average molecular weight is 439 g/mol. The summed E-state index contributed by atoms with van der Waals surface area (Å²) in [4.78, 5) is 20.2. The summed E-state index contributed by atoms with van der Waals surface area (Å²) in [6.45, 7) is 10.4. The van der Waals surface area contributed by atoms with E-state index >= 15 is 0 Å². The first-order valence-corrected chi connectivity index (χ1v) is 11.8. The fraction of sp³-hybridized carbons (Fsp3) is 0.600. The van der Waals surface area contributed by atoms with Crippen molar-refractivity contribution < 1.29 is 14.1 Å². The van der Waals surface area contributed by atoms with E-state index in [2.05, 4.69) is 27.1 Å². The summed E-state index contributed by atoms with van der Waals surface area (Å²) >= 11 is 0. The molecule has 3 aliphatic rings. The Bertz CT molecular complexity index is 910. The van der Waals surface area contributed by atoms with E-state index in [1.165, 1.54) is 11.1 Å². The third kappa shape index (κ3) is 4.21. The van der Waals surface area contributed by atoms with Crippen LogP contribution in [0.2, 0.25) is 0 Å². The van der Waals surface area contributed by atoms with Crippen LogP contribution in [0, 0.1) is 13.8 Å². The lowest BCUT2D eigenvalue weighted by molar-refractivity contribution is -0.148. The number of amides is 1. The van der Waals surface area contributed by atoms with Crippen molar-refractivity contribution in [2.75, 3.05) is 39.4 Å². The van der Waals surface area contributed by atoms with Crippen LogP contribution in [-0.4, -0.2) is 76.7 Å². The lowest BCUT2D eigenvalue weighted by atomic mass is 9.87. The molecule has 1 spiro atoms. The number of ether oxygens (including phenoxy) is 1. The molecule has 0 aliphatic carbocycles. The number of piperazine rings is 1. The van der Waals surface area contributed by atoms with E-state index in [0.717, 1.165) is 70.1 Å². The fourth-order valence-corrected chi connectivity index (χ4v) is 5.70. The highest BCUT2D eigenvalue weighted by atomic mass is 16.5. The zero-order valence-electron chi connectivity index (χ0n) is 19.3. The maximum atomic E-state index is 13.2. The highest BCUT2D eigenvalue weighted by Crippen LogP contribution is 2.36. The second-order valence-electron chi connectivity index (χ2n) is 9.70. The number of piperidine rings is 1. The van der Waals surface area contributed by atoms with Crippen LogP contribution >= 0.6 is 0 Å². The molecule has 1 unspecified atom stereocenters. The number of aromatic nitrogens is 1. The number of aryl methyl sites for hydroxylation is 2. The number of benzene rings is 1. The molecule has 0 bridgehead atoms. The maximum Gasteiger partial charge on any atom is 0.237 e. The van der Waals surface area contributed by atoms with Crippen LogP contribution in [-0.2, 0) is 22.6 Å². The van der Waals surface area contributed by atoms with Gasteiger partial charge in [0.2, 0.25) is 5.91 Å². The third-order valence-electron chi connectivity index (χ3n) is 7.61. The quantitative estimate of drug-likeness (QED) is 0.715. The van der Waals surface area contributed by atoms with E-state index in [-0.39, 0.29) is 11.4 Å². The topological polar surface area (TPSA) is 62.1 Å². The molecule has 7 nitrogen and oxygen atoms in total. The van der Waals surface area contributed by atoms with E-state index in [1.807, 2.05) is 36.9 Å². The van der Waals surface area contributed by atoms with Crippen molar-refractivity contribution in [1.29, 1.82) is 0 Å². The van der Waals surface area contributed by atoms with Gasteiger partial charge in [0.15, 0.2) is 0 Å². The van der Waals surface area contributed by atoms with Gasteiger partial charge in [0.25, 0.3) is 0 Å². The first kappa shape index (κ1) is 21.6. The fourth-order valence-electron chi connectivity index (χ4n) is 5.70. The molecule has 1 aromatic carbocycles. The van der Waals surface area contributed by atoms with Gasteiger partial charge in [-0.2, -0.15) is 0 Å². The monoisotopic (exact) mass is 438 g/mol. The molecule has 3 aliphatic heterocycles. The zero-order chi connectivity index (χ0) is 22.1. The standard InChI is InChI=1S/C25H34N4O3/c1-19-23(20(2)32-26-19)15-27-11-8-22(9-12-27)29-16-24(30)28(14-21-6-4-3-5-7-21)17-25(29)10-13-31-18-25/h3-7,22H,8-18H2,1-2H3. The lowest BCUT2D eigenvalue weighted by Gasteiger charge is -2.52. The van der Waals surface area contributed by atoms with Crippen LogP contribution < -0.4 is 0 Å². The number of hydrogen-bond donors (Lipinski definition) is 0. The van der Waals surface area contributed by atoms with Gasteiger partial charge in [-0.25, -0.2) is 0 Å². The Morgan fingerprint density at radius 3 is 2.56 bits per heavy atom. The molecule has 1 aromatic heterocycles. The highest BCUT2D eigenvalue weighted by Gasteiger charge is 2.49. The van der Waals surface area contributed by atoms with Gasteiger partial charge in [-0.3, -0.25) is 14.6 Å². The van der Waals surface area contributed by atoms with Crippen LogP contribution in [0.15, 0.2) is 34.9 Å². The molecule has 172 valence electrons. The SMILES string of the molecule is Cc1noc(C)c1CN1CCC(N2CC(=O)N(Cc3ccccc3)CC23CCOC3)CC1. The predicted octanol–water partition coefficient (Wildman–Crippen LogP) is 2.76. The zero-order valence-corrected chi connectivity index (χ0v) is 19.3. The summed E-state index contributed by atoms with van der Waals surface area (Å²) in [6, 6.07) is 10.7. The summed E-state index contributed by atoms with van der Waals surface area (Å²) in [5.74, 6) is 1.16. The lowest BCUT2D eigenvalue weighted by Crippen LogP contribution is -2.68. The molecule has 3 fully saturated rings. The molecule has 1 atom stereocenters. The van der Waals surface area contributed by atoms with Crippen LogP contribution in [0.5, 0.6) is 0 Å². The number of rotatable bonds is 5. The van der Waals surface area contributed by atoms with E-state index in [1.54, 1.807) is 0 Å². The Kier molecular flexibility index (Phi) is 6.05. The van der Waals surface area contributed by atoms with Crippen molar-refractivity contribution in [3.05, 3.63) is 52.9 Å². The molecular weight excluding hydrogens is 404 g/mol. The number of nitrogens with zero attached hydrogens (tertiary/aromatic N) is 4. The second-order valence-corrected chi connectivity index (χ2v) is 9.70. The highest BCUT2D eigenvalue weighted by molar-refractivity contribution is 5.79. The van der Waals surface area contributed by atoms with E-state index in [9.17, 15) is 4.79 Å². The number of carbonyl (C=O) groups is 1. The smallest absolute Gasteiger partial charge is 0.237 e. The Labute approximate surface area is 190 Å². The molecule has 2 aromatic rings. The minimum Gasteiger partial charge on any atom is -0.379 e. The third-order valence-corrected chi connectivity index (χ3v) is 7.61. The van der Waals surface area contributed by atoms with Crippen LogP contribution in [0.4, 0.5) is 0 Å². The maximum absolute atomic E-state index is 13.2. The van der Waals surface area contributed by atoms with Crippen molar-refractivity contribution in [3.8, 4) is 0 Å². The molecule has 7 heteroatoms. The molecule has 0 N–H and O–H groups in total. The minimum absolute atomic E-state index is 0.0445. The Morgan fingerprint density at radius 2 is 1.91 bits per heavy atom. The molecule has 4 heterocycles. The number of hydrogen-bond acceptors (Lipinski definition) is 6. The van der Waals surface area contributed by atoms with E-state index < -0.39 is 0 Å². The molecule has 0 radical (unpaired) electrons. The molecule has 32 heavy (non-hydrogen) atoms. The van der Waals surface area contributed by atoms with Crippen molar-refractivity contribution in [2.24, 2.45) is 0 Å². The van der Waals surface area contributed by atoms with E-state index in [4.69, 9.17) is 9.26 Å². The summed E-state index contributed by atoms with van der Waals surface area (Å²) in [7, 11) is 0. The first-order valence-electron chi connectivity index (χ1n) is 11.8. The summed E-state index contributed by atoms with van der Waals surface area (Å²) in [5, 5.41) is 4.10. The van der Waals surface area contributed by atoms with Gasteiger partial charge in [0.1, 0.15) is 5.76 Å². The first-order chi connectivity index (χ1) is 15.5. The van der Waals surface area contributed by atoms with Gasteiger partial charge in [-0.15, -0.1) is 0 Å². The normalized spacial score (nSPS) is 25.8. The Hall–Kier alpha value is -2.22. The van der Waals surface area contributed by atoms with Gasteiger partial charge in [0.05, 0.1) is 24.4 Å². The van der Waals surface area contributed by atoms with Crippen LogP contribution in [0.25, 0.3) is 0 Å². The predicted molar refractivity (Wildman–Crippen MR) is 121 cm³/mol. The van der Waals surface area contributed by atoms with Gasteiger partial charge < -0.3 is 14.2 Å². The molecule has 1 amide bonds. The largest absolute Gasteiger partial charge is 0.379 e. The van der Waals surface area contributed by atoms with Crippen molar-refractivity contribution in [1.82, 2.24) is 19.9 Å². The minimum atomic E-state index is -0.0445. The molecule has 0 saturated carbocycles. The van der Waals surface area contributed by atoms with Gasteiger partial charge in [-0.05, 0) is 51.8 Å². The molecular formula is C25H34N4O3. The Balaban J connectivity index is 1.25. The second kappa shape index (κ2) is 8.96. The van der Waals surface area contributed by atoms with Crippen molar-refractivity contribution in [3.63, 3.8) is 0 Å². The number of carbonyl (C=O) groups excluding carboxylic acids is 1. The summed E-state index contributed by atoms with van der Waals surface area (Å²) in [6.07, 6.45) is 3.17. The van der Waals surface area contributed by atoms with Gasteiger partial charge >= 0.3 is 0 Å².